The molecule has 0 saturated carbocycles. The van der Waals surface area contributed by atoms with Crippen LogP contribution < -0.4 is 10.1 Å². The summed E-state index contributed by atoms with van der Waals surface area (Å²) in [6.07, 6.45) is 4.57. The normalized spacial score (nSPS) is 24.2. The molecule has 0 aromatic heterocycles. The lowest BCUT2D eigenvalue weighted by Crippen LogP contribution is -2.45. The lowest BCUT2D eigenvalue weighted by Gasteiger charge is -2.38. The zero-order valence-corrected chi connectivity index (χ0v) is 16.9. The van der Waals surface area contributed by atoms with Gasteiger partial charge in [-0.05, 0) is 36.8 Å². The van der Waals surface area contributed by atoms with Crippen LogP contribution in [-0.4, -0.2) is 31.2 Å². The van der Waals surface area contributed by atoms with Gasteiger partial charge in [0.2, 0.25) is 5.91 Å². The van der Waals surface area contributed by atoms with E-state index in [9.17, 15) is 14.0 Å². The number of halogens is 1. The number of hydrogen-bond donors (Lipinski definition) is 1. The summed E-state index contributed by atoms with van der Waals surface area (Å²) in [7, 11) is 1.42. The van der Waals surface area contributed by atoms with Crippen LogP contribution in [0.4, 0.5) is 10.1 Å². The quantitative estimate of drug-likeness (QED) is 0.702. The standard InChI is InChI=1S/C22H26FNO5/c1-5-6-15-11-22(21(10-19(15)26)28-12-29-22)13(2)7-16-8-18(24-14(3)25)20(27-4)9-17(16)23/h5,8-10,13,15H,1,6-7,11-12H2,2-4H3,(H,24,25)/t13?,15-,22+/m0/s1. The molecule has 6 nitrogen and oxygen atoms in total. The number of methoxy groups -OCH3 is 1. The summed E-state index contributed by atoms with van der Waals surface area (Å²) in [6, 6.07) is 2.84. The minimum absolute atomic E-state index is 0.00297. The van der Waals surface area contributed by atoms with Crippen molar-refractivity contribution in [3.63, 3.8) is 0 Å². The van der Waals surface area contributed by atoms with E-state index >= 15 is 0 Å². The van der Waals surface area contributed by atoms with Gasteiger partial charge in [-0.3, -0.25) is 9.59 Å². The van der Waals surface area contributed by atoms with E-state index in [0.29, 0.717) is 36.3 Å². The summed E-state index contributed by atoms with van der Waals surface area (Å²) in [5.74, 6) is -0.368. The molecule has 1 aromatic carbocycles. The van der Waals surface area contributed by atoms with Gasteiger partial charge in [-0.25, -0.2) is 4.39 Å². The molecule has 1 heterocycles. The van der Waals surface area contributed by atoms with Gasteiger partial charge >= 0.3 is 0 Å². The van der Waals surface area contributed by atoms with E-state index in [4.69, 9.17) is 14.2 Å². The molecule has 29 heavy (non-hydrogen) atoms. The Hall–Kier alpha value is -2.67. The third-order valence-electron chi connectivity index (χ3n) is 5.63. The highest BCUT2D eigenvalue weighted by atomic mass is 19.1. The lowest BCUT2D eigenvalue weighted by atomic mass is 9.71. The number of rotatable bonds is 7. The van der Waals surface area contributed by atoms with Gasteiger partial charge in [0.25, 0.3) is 0 Å². The van der Waals surface area contributed by atoms with E-state index in [-0.39, 0.29) is 36.1 Å². The Morgan fingerprint density at radius 3 is 2.93 bits per heavy atom. The zero-order chi connectivity index (χ0) is 21.2. The van der Waals surface area contributed by atoms with E-state index in [1.165, 1.54) is 26.2 Å². The van der Waals surface area contributed by atoms with E-state index < -0.39 is 11.4 Å². The van der Waals surface area contributed by atoms with Gasteiger partial charge in [0, 0.05) is 25.0 Å². The van der Waals surface area contributed by atoms with Gasteiger partial charge in [-0.15, -0.1) is 6.58 Å². The minimum atomic E-state index is -0.790. The number of ketones is 1. The number of amides is 1. The first-order chi connectivity index (χ1) is 13.8. The lowest BCUT2D eigenvalue weighted by molar-refractivity contribution is -0.123. The van der Waals surface area contributed by atoms with Crippen LogP contribution >= 0.6 is 0 Å². The van der Waals surface area contributed by atoms with Crippen LogP contribution in [0.15, 0.2) is 36.6 Å². The summed E-state index contributed by atoms with van der Waals surface area (Å²) in [5, 5.41) is 2.67. The number of nitrogens with one attached hydrogen (secondary N) is 1. The van der Waals surface area contributed by atoms with Gasteiger partial charge < -0.3 is 19.5 Å². The van der Waals surface area contributed by atoms with Crippen molar-refractivity contribution < 1.29 is 28.2 Å². The average molecular weight is 403 g/mol. The number of allylic oxidation sites excluding steroid dienone is 2. The Balaban J connectivity index is 1.91. The molecule has 2 aliphatic rings. The number of hydrogen-bond acceptors (Lipinski definition) is 5. The van der Waals surface area contributed by atoms with Crippen molar-refractivity contribution in [2.75, 3.05) is 19.2 Å². The summed E-state index contributed by atoms with van der Waals surface area (Å²) < 4.78 is 31.5. The van der Waals surface area contributed by atoms with Crippen molar-refractivity contribution in [3.8, 4) is 5.75 Å². The maximum atomic E-state index is 14.7. The number of benzene rings is 1. The first-order valence-electron chi connectivity index (χ1n) is 9.58. The Morgan fingerprint density at radius 1 is 1.52 bits per heavy atom. The predicted molar refractivity (Wildman–Crippen MR) is 106 cm³/mol. The first kappa shape index (κ1) is 21.0. The SMILES string of the molecule is C=CC[C@H]1C[C@]2(C(C)Cc3cc(NC(C)=O)c(OC)cc3F)OCOC2=CC1=O. The van der Waals surface area contributed by atoms with Crippen LogP contribution in [0, 0.1) is 17.7 Å². The monoisotopic (exact) mass is 403 g/mol. The van der Waals surface area contributed by atoms with Crippen molar-refractivity contribution >= 4 is 17.4 Å². The second-order valence-electron chi connectivity index (χ2n) is 7.56. The second kappa shape index (κ2) is 8.37. The summed E-state index contributed by atoms with van der Waals surface area (Å²) >= 11 is 0. The fraction of sp³-hybridized carbons (Fsp3) is 0.455. The molecule has 1 amide bonds. The third-order valence-corrected chi connectivity index (χ3v) is 5.63. The zero-order valence-electron chi connectivity index (χ0n) is 16.9. The van der Waals surface area contributed by atoms with Crippen LogP contribution in [0.3, 0.4) is 0 Å². The van der Waals surface area contributed by atoms with Gasteiger partial charge in [-0.2, -0.15) is 0 Å². The molecule has 0 radical (unpaired) electrons. The molecule has 3 atom stereocenters. The predicted octanol–water partition coefficient (Wildman–Crippen LogP) is 3.76. The number of anilines is 1. The molecular formula is C22H26FNO5. The van der Waals surface area contributed by atoms with Crippen molar-refractivity contribution in [1.82, 2.24) is 0 Å². The Labute approximate surface area is 169 Å². The first-order valence-corrected chi connectivity index (χ1v) is 9.58. The number of carbonyl (C=O) groups is 2. The molecule has 0 bridgehead atoms. The van der Waals surface area contributed by atoms with E-state index in [1.54, 1.807) is 12.1 Å². The van der Waals surface area contributed by atoms with Crippen LogP contribution in [0.5, 0.6) is 5.75 Å². The molecule has 1 unspecified atom stereocenters. The molecule has 1 aliphatic heterocycles. The highest BCUT2D eigenvalue weighted by molar-refractivity contribution is 5.94. The molecule has 1 fully saturated rings. The molecule has 0 spiro atoms. The van der Waals surface area contributed by atoms with Crippen LogP contribution in [0.25, 0.3) is 0 Å². The molecule has 1 N–H and O–H groups in total. The van der Waals surface area contributed by atoms with Crippen molar-refractivity contribution in [2.45, 2.75) is 38.7 Å². The third kappa shape index (κ3) is 4.05. The van der Waals surface area contributed by atoms with Crippen LogP contribution in [0.1, 0.15) is 32.3 Å². The number of ether oxygens (including phenoxy) is 3. The summed E-state index contributed by atoms with van der Waals surface area (Å²) in [6.45, 7) is 7.12. The van der Waals surface area contributed by atoms with E-state index in [1.807, 2.05) is 6.92 Å². The fourth-order valence-electron chi connectivity index (χ4n) is 4.12. The second-order valence-corrected chi connectivity index (χ2v) is 7.56. The van der Waals surface area contributed by atoms with Gasteiger partial charge in [0.05, 0.1) is 12.8 Å². The highest BCUT2D eigenvalue weighted by Crippen LogP contribution is 2.46. The maximum absolute atomic E-state index is 14.7. The molecule has 1 saturated heterocycles. The van der Waals surface area contributed by atoms with Crippen molar-refractivity contribution in [3.05, 3.63) is 48.0 Å². The number of fused-ring (bicyclic) bond motifs is 1. The maximum Gasteiger partial charge on any atom is 0.221 e. The minimum Gasteiger partial charge on any atom is -0.494 e. The molecule has 1 aromatic rings. The average Bonchev–Trinajstić information content (AvgIpc) is 3.08. The summed E-state index contributed by atoms with van der Waals surface area (Å²) in [5.41, 5.74) is 0.0366. The summed E-state index contributed by atoms with van der Waals surface area (Å²) in [4.78, 5) is 23.8. The fourth-order valence-corrected chi connectivity index (χ4v) is 4.12. The van der Waals surface area contributed by atoms with Gasteiger partial charge in [0.15, 0.2) is 12.6 Å². The van der Waals surface area contributed by atoms with Crippen molar-refractivity contribution in [1.29, 1.82) is 0 Å². The molecular weight excluding hydrogens is 377 g/mol. The van der Waals surface area contributed by atoms with Crippen LogP contribution in [-0.2, 0) is 25.5 Å². The smallest absolute Gasteiger partial charge is 0.221 e. The van der Waals surface area contributed by atoms with Crippen LogP contribution in [0.2, 0.25) is 0 Å². The van der Waals surface area contributed by atoms with Gasteiger partial charge in [0.1, 0.15) is 22.9 Å². The topological polar surface area (TPSA) is 73.9 Å². The Morgan fingerprint density at radius 2 is 2.28 bits per heavy atom. The molecule has 3 rings (SSSR count). The molecule has 1 aliphatic carbocycles. The Kier molecular flexibility index (Phi) is 6.07. The van der Waals surface area contributed by atoms with Crippen molar-refractivity contribution in [2.24, 2.45) is 11.8 Å². The highest BCUT2D eigenvalue weighted by Gasteiger charge is 2.51. The van der Waals surface area contributed by atoms with E-state index in [2.05, 4.69) is 11.9 Å². The molecule has 156 valence electrons. The number of carbonyl (C=O) groups excluding carboxylic acids is 2. The largest absolute Gasteiger partial charge is 0.494 e. The van der Waals surface area contributed by atoms with E-state index in [0.717, 1.165) is 0 Å². The van der Waals surface area contributed by atoms with Gasteiger partial charge in [-0.1, -0.05) is 13.0 Å². The Bertz CT molecular complexity index is 865. The molecule has 7 heteroatoms.